The van der Waals surface area contributed by atoms with E-state index in [1.165, 1.54) is 0 Å². The number of carbonyl (C=O) groups is 4. The van der Waals surface area contributed by atoms with Crippen molar-refractivity contribution in [2.75, 3.05) is 29.0 Å². The highest BCUT2D eigenvalue weighted by molar-refractivity contribution is 6.08. The van der Waals surface area contributed by atoms with Crippen LogP contribution in [-0.4, -0.2) is 55.0 Å². The molecule has 0 saturated carbocycles. The summed E-state index contributed by atoms with van der Waals surface area (Å²) in [5.74, 6) is -1.37. The van der Waals surface area contributed by atoms with Crippen molar-refractivity contribution in [1.82, 2.24) is 23.6 Å². The van der Waals surface area contributed by atoms with Crippen molar-refractivity contribution >= 4 is 40.7 Å². The molecule has 0 aliphatic heterocycles. The Balaban J connectivity index is 1.40. The van der Waals surface area contributed by atoms with Crippen LogP contribution in [0.1, 0.15) is 48.4 Å². The minimum atomic E-state index is -0.409. The SMILES string of the molecule is Cn1cc(NC(=O)c2cc(NC(=O)c3cc(NC(=O)c4cccn4C)cn3C)cn2C)cc1C(=O)NCCCN. The van der Waals surface area contributed by atoms with E-state index >= 15 is 0 Å². The number of nitrogens with zero attached hydrogens (tertiary/aromatic N) is 4. The fraction of sp³-hybridized carbons (Fsp3) is 0.259. The average Bonchev–Trinajstić information content (AvgIpc) is 3.66. The Kier molecular flexibility index (Phi) is 8.24. The maximum atomic E-state index is 13.0. The van der Waals surface area contributed by atoms with Crippen molar-refractivity contribution in [3.8, 4) is 0 Å². The molecule has 40 heavy (non-hydrogen) atoms. The van der Waals surface area contributed by atoms with Gasteiger partial charge in [-0.15, -0.1) is 0 Å². The number of nitrogens with one attached hydrogen (secondary N) is 4. The Hall–Kier alpha value is -5.04. The van der Waals surface area contributed by atoms with E-state index in [-0.39, 0.29) is 11.8 Å². The fourth-order valence-corrected chi connectivity index (χ4v) is 4.25. The number of amides is 4. The van der Waals surface area contributed by atoms with Crippen LogP contribution >= 0.6 is 0 Å². The molecule has 13 heteroatoms. The van der Waals surface area contributed by atoms with Crippen molar-refractivity contribution in [3.63, 3.8) is 0 Å². The van der Waals surface area contributed by atoms with Crippen LogP contribution in [-0.2, 0) is 28.2 Å². The van der Waals surface area contributed by atoms with Gasteiger partial charge in [0.25, 0.3) is 23.6 Å². The zero-order valence-corrected chi connectivity index (χ0v) is 22.8. The highest BCUT2D eigenvalue weighted by Gasteiger charge is 2.19. The van der Waals surface area contributed by atoms with Gasteiger partial charge in [0.1, 0.15) is 22.8 Å². The standard InChI is InChI=1S/C27H33N9O4/c1-33-10-5-7-20(33)25(38)30-18-12-22(35(3)15-18)27(40)32-19-13-23(36(4)16-19)26(39)31-17-11-21(34(2)14-17)24(37)29-9-6-8-28/h5,7,10-16H,6,8-9,28H2,1-4H3,(H,29,37)(H,30,38)(H,31,39)(H,32,40). The number of aromatic nitrogens is 4. The molecule has 0 bridgehead atoms. The molecule has 4 heterocycles. The summed E-state index contributed by atoms with van der Waals surface area (Å²) in [4.78, 5) is 50.9. The molecule has 4 rings (SSSR count). The van der Waals surface area contributed by atoms with Crippen LogP contribution in [0.3, 0.4) is 0 Å². The number of hydrogen-bond acceptors (Lipinski definition) is 5. The largest absolute Gasteiger partial charge is 0.351 e. The quantitative estimate of drug-likeness (QED) is 0.191. The van der Waals surface area contributed by atoms with Crippen LogP contribution in [0, 0.1) is 0 Å². The van der Waals surface area contributed by atoms with Crippen LogP contribution in [0.25, 0.3) is 0 Å². The van der Waals surface area contributed by atoms with E-state index in [1.807, 2.05) is 0 Å². The summed E-state index contributed by atoms with van der Waals surface area (Å²) in [6.45, 7) is 0.944. The predicted molar refractivity (Wildman–Crippen MR) is 152 cm³/mol. The molecule has 0 unspecified atom stereocenters. The van der Waals surface area contributed by atoms with E-state index < -0.39 is 11.8 Å². The third-order valence-corrected chi connectivity index (χ3v) is 6.33. The minimum Gasteiger partial charge on any atom is -0.351 e. The van der Waals surface area contributed by atoms with Crippen LogP contribution in [0.15, 0.2) is 55.1 Å². The third kappa shape index (κ3) is 6.15. The Morgan fingerprint density at radius 1 is 0.650 bits per heavy atom. The lowest BCUT2D eigenvalue weighted by Gasteiger charge is -2.04. The number of nitrogens with two attached hydrogens (primary N) is 1. The Labute approximate surface area is 230 Å². The van der Waals surface area contributed by atoms with E-state index in [4.69, 9.17) is 5.73 Å². The number of carbonyl (C=O) groups excluding carboxylic acids is 4. The van der Waals surface area contributed by atoms with Crippen molar-refractivity contribution in [3.05, 3.63) is 77.9 Å². The third-order valence-electron chi connectivity index (χ3n) is 6.33. The second kappa shape index (κ2) is 11.8. The lowest BCUT2D eigenvalue weighted by Crippen LogP contribution is -2.27. The van der Waals surface area contributed by atoms with E-state index in [2.05, 4.69) is 21.3 Å². The molecule has 0 fully saturated rings. The molecule has 4 aromatic heterocycles. The molecule has 4 aromatic rings. The van der Waals surface area contributed by atoms with E-state index in [0.29, 0.717) is 59.3 Å². The first-order valence-electron chi connectivity index (χ1n) is 12.6. The van der Waals surface area contributed by atoms with Gasteiger partial charge in [0.2, 0.25) is 0 Å². The van der Waals surface area contributed by atoms with Gasteiger partial charge in [-0.25, -0.2) is 0 Å². The van der Waals surface area contributed by atoms with Gasteiger partial charge in [-0.2, -0.15) is 0 Å². The van der Waals surface area contributed by atoms with Crippen LogP contribution < -0.4 is 27.0 Å². The van der Waals surface area contributed by atoms with Gasteiger partial charge in [0.15, 0.2) is 0 Å². The minimum absolute atomic E-state index is 0.260. The Bertz CT molecular complexity index is 1570. The molecule has 0 aromatic carbocycles. The van der Waals surface area contributed by atoms with Crippen molar-refractivity contribution in [2.24, 2.45) is 33.9 Å². The average molecular weight is 548 g/mol. The number of aryl methyl sites for hydroxylation is 4. The molecule has 0 atom stereocenters. The van der Waals surface area contributed by atoms with Crippen LogP contribution in [0.2, 0.25) is 0 Å². The van der Waals surface area contributed by atoms with Gasteiger partial charge < -0.3 is 45.3 Å². The van der Waals surface area contributed by atoms with E-state index in [9.17, 15) is 19.2 Å². The molecular formula is C27H33N9O4. The lowest BCUT2D eigenvalue weighted by atomic mass is 10.3. The van der Waals surface area contributed by atoms with Gasteiger partial charge in [-0.05, 0) is 43.3 Å². The summed E-state index contributed by atoms with van der Waals surface area (Å²) in [5, 5.41) is 11.2. The van der Waals surface area contributed by atoms with Crippen molar-refractivity contribution < 1.29 is 19.2 Å². The first kappa shape index (κ1) is 28.0. The van der Waals surface area contributed by atoms with E-state index in [0.717, 1.165) is 0 Å². The maximum absolute atomic E-state index is 13.0. The summed E-state index contributed by atoms with van der Waals surface area (Å²) in [6.07, 6.45) is 7.35. The summed E-state index contributed by atoms with van der Waals surface area (Å²) in [5.41, 5.74) is 8.32. The van der Waals surface area contributed by atoms with Crippen LogP contribution in [0.4, 0.5) is 17.1 Å². The Morgan fingerprint density at radius 3 is 1.48 bits per heavy atom. The monoisotopic (exact) mass is 547 g/mol. The van der Waals surface area contributed by atoms with Crippen LogP contribution in [0.5, 0.6) is 0 Å². The van der Waals surface area contributed by atoms with Gasteiger partial charge in [-0.3, -0.25) is 19.2 Å². The molecule has 210 valence electrons. The summed E-state index contributed by atoms with van der Waals surface area (Å²) in [6, 6.07) is 8.19. The van der Waals surface area contributed by atoms with Gasteiger partial charge in [0, 0.05) is 59.5 Å². The second-order valence-electron chi connectivity index (χ2n) is 9.44. The fourth-order valence-electron chi connectivity index (χ4n) is 4.25. The first-order chi connectivity index (χ1) is 19.1. The maximum Gasteiger partial charge on any atom is 0.272 e. The first-order valence-corrected chi connectivity index (χ1v) is 12.6. The summed E-state index contributed by atoms with van der Waals surface area (Å²) < 4.78 is 6.52. The summed E-state index contributed by atoms with van der Waals surface area (Å²) in [7, 11) is 6.87. The van der Waals surface area contributed by atoms with Gasteiger partial charge in [0.05, 0.1) is 17.1 Å². The topological polar surface area (TPSA) is 162 Å². The second-order valence-corrected chi connectivity index (χ2v) is 9.44. The zero-order chi connectivity index (χ0) is 29.0. The molecule has 4 amide bonds. The smallest absolute Gasteiger partial charge is 0.272 e. The zero-order valence-electron chi connectivity index (χ0n) is 22.8. The molecule has 0 aliphatic rings. The highest BCUT2D eigenvalue weighted by atomic mass is 16.2. The number of anilines is 3. The highest BCUT2D eigenvalue weighted by Crippen LogP contribution is 2.20. The molecule has 0 saturated heterocycles. The summed E-state index contributed by atoms with van der Waals surface area (Å²) >= 11 is 0. The normalized spacial score (nSPS) is 10.8. The van der Waals surface area contributed by atoms with Gasteiger partial charge >= 0.3 is 0 Å². The lowest BCUT2D eigenvalue weighted by molar-refractivity contribution is 0.0943. The molecule has 0 radical (unpaired) electrons. The number of hydrogen-bond donors (Lipinski definition) is 5. The molecule has 13 nitrogen and oxygen atoms in total. The predicted octanol–water partition coefficient (Wildman–Crippen LogP) is 1.88. The van der Waals surface area contributed by atoms with E-state index in [1.54, 1.807) is 102 Å². The van der Waals surface area contributed by atoms with Crippen molar-refractivity contribution in [1.29, 1.82) is 0 Å². The molecule has 6 N–H and O–H groups in total. The number of rotatable bonds is 10. The van der Waals surface area contributed by atoms with Gasteiger partial charge in [-0.1, -0.05) is 0 Å². The molecule has 0 spiro atoms. The Morgan fingerprint density at radius 2 is 1.07 bits per heavy atom. The molecule has 0 aliphatic carbocycles. The van der Waals surface area contributed by atoms with Crippen molar-refractivity contribution in [2.45, 2.75) is 6.42 Å². The molecular weight excluding hydrogens is 514 g/mol.